The van der Waals surface area contributed by atoms with E-state index in [-0.39, 0.29) is 17.7 Å². The Morgan fingerprint density at radius 2 is 1.29 bits per heavy atom. The van der Waals surface area contributed by atoms with Gasteiger partial charge in [0, 0.05) is 0 Å². The van der Waals surface area contributed by atoms with E-state index >= 15 is 0 Å². The fraction of sp³-hybridized carbons (Fsp3) is 0.182. The maximum Gasteiger partial charge on any atom is 0.426 e. The van der Waals surface area contributed by atoms with Crippen molar-refractivity contribution in [2.75, 3.05) is 0 Å². The minimum Gasteiger partial charge on any atom is -0.429 e. The van der Waals surface area contributed by atoms with Gasteiger partial charge in [0.2, 0.25) is 0 Å². The maximum absolute atomic E-state index is 14.2. The van der Waals surface area contributed by atoms with Gasteiger partial charge in [-0.2, -0.15) is 8.78 Å². The molecule has 0 heterocycles. The van der Waals surface area contributed by atoms with Crippen LogP contribution in [-0.4, -0.2) is 0 Å². The zero-order valence-electron chi connectivity index (χ0n) is 15.0. The third kappa shape index (κ3) is 4.68. The Morgan fingerprint density at radius 3 is 1.86 bits per heavy atom. The molecule has 3 aromatic carbocycles. The highest BCUT2D eigenvalue weighted by Gasteiger charge is 2.34. The number of rotatable bonds is 6. The Bertz CT molecular complexity index is 927. The van der Waals surface area contributed by atoms with Gasteiger partial charge in [-0.25, -0.2) is 13.2 Å². The quantitative estimate of drug-likeness (QED) is 0.352. The van der Waals surface area contributed by atoms with Crippen LogP contribution in [0, 0.1) is 24.4 Å². The molecule has 28 heavy (non-hydrogen) atoms. The van der Waals surface area contributed by atoms with Crippen molar-refractivity contribution in [1.82, 2.24) is 0 Å². The summed E-state index contributed by atoms with van der Waals surface area (Å²) in [6, 6.07) is 13.7. The summed E-state index contributed by atoms with van der Waals surface area (Å²) in [4.78, 5) is 0. The van der Waals surface area contributed by atoms with Gasteiger partial charge in [-0.05, 0) is 67.3 Å². The summed E-state index contributed by atoms with van der Waals surface area (Å²) in [5, 5.41) is 0. The smallest absolute Gasteiger partial charge is 0.426 e. The van der Waals surface area contributed by atoms with Gasteiger partial charge in [0.1, 0.15) is 5.75 Å². The first kappa shape index (κ1) is 19.9. The molecule has 0 spiro atoms. The van der Waals surface area contributed by atoms with Crippen LogP contribution in [0.25, 0.3) is 0 Å². The lowest BCUT2D eigenvalue weighted by Crippen LogP contribution is -2.21. The lowest BCUT2D eigenvalue weighted by molar-refractivity contribution is -0.185. The van der Waals surface area contributed by atoms with Gasteiger partial charge in [-0.3, -0.25) is 0 Å². The second-order valence-corrected chi connectivity index (χ2v) is 6.50. The predicted molar refractivity (Wildman–Crippen MR) is 95.9 cm³/mol. The Hall–Kier alpha value is -2.89. The Balaban J connectivity index is 1.64. The van der Waals surface area contributed by atoms with Crippen LogP contribution in [0.3, 0.4) is 0 Å². The number of hydrogen-bond acceptors (Lipinski definition) is 1. The van der Waals surface area contributed by atoms with E-state index in [2.05, 4.69) is 0 Å². The molecule has 0 saturated carbocycles. The molecule has 0 bridgehead atoms. The molecule has 6 heteroatoms. The average molecular weight is 392 g/mol. The minimum atomic E-state index is -3.47. The summed E-state index contributed by atoms with van der Waals surface area (Å²) in [6.45, 7) is 1.80. The van der Waals surface area contributed by atoms with Gasteiger partial charge >= 0.3 is 6.11 Å². The van der Waals surface area contributed by atoms with Crippen molar-refractivity contribution in [3.05, 3.63) is 100 Å². The number of ether oxygens (including phenoxy) is 1. The van der Waals surface area contributed by atoms with Gasteiger partial charge in [0.05, 0.1) is 5.56 Å². The van der Waals surface area contributed by atoms with E-state index in [1.165, 1.54) is 24.3 Å². The molecule has 0 aliphatic rings. The topological polar surface area (TPSA) is 9.23 Å². The molecule has 0 aromatic heterocycles. The van der Waals surface area contributed by atoms with Gasteiger partial charge < -0.3 is 4.74 Å². The summed E-state index contributed by atoms with van der Waals surface area (Å²) >= 11 is 0. The number of halogens is 5. The molecule has 0 fully saturated rings. The third-order valence-corrected chi connectivity index (χ3v) is 4.30. The zero-order valence-corrected chi connectivity index (χ0v) is 15.0. The molecule has 0 aliphatic carbocycles. The molecular weight excluding hydrogens is 375 g/mol. The fourth-order valence-electron chi connectivity index (χ4n) is 2.72. The molecule has 0 saturated heterocycles. The summed E-state index contributed by atoms with van der Waals surface area (Å²) in [7, 11) is 0. The van der Waals surface area contributed by atoms with E-state index in [4.69, 9.17) is 4.74 Å². The van der Waals surface area contributed by atoms with Crippen LogP contribution in [0.1, 0.15) is 22.3 Å². The maximum atomic E-state index is 14.2. The molecular formula is C22H17F5O. The van der Waals surface area contributed by atoms with Crippen molar-refractivity contribution >= 4 is 0 Å². The van der Waals surface area contributed by atoms with Crippen LogP contribution < -0.4 is 4.74 Å². The Kier molecular flexibility index (Phi) is 5.68. The molecule has 3 rings (SSSR count). The number of aryl methyl sites for hydroxylation is 3. The van der Waals surface area contributed by atoms with E-state index < -0.39 is 23.6 Å². The van der Waals surface area contributed by atoms with Crippen LogP contribution in [0.2, 0.25) is 0 Å². The highest BCUT2D eigenvalue weighted by molar-refractivity contribution is 5.30. The number of hydrogen-bond donors (Lipinski definition) is 0. The molecule has 3 aromatic rings. The molecule has 146 valence electrons. The second kappa shape index (κ2) is 8.00. The van der Waals surface area contributed by atoms with Crippen LogP contribution >= 0.6 is 0 Å². The first-order chi connectivity index (χ1) is 13.2. The zero-order chi connectivity index (χ0) is 20.3. The molecule has 0 N–H and O–H groups in total. The summed E-state index contributed by atoms with van der Waals surface area (Å²) in [5.41, 5.74) is 1.69. The van der Waals surface area contributed by atoms with Crippen LogP contribution in [0.5, 0.6) is 5.75 Å². The van der Waals surface area contributed by atoms with Gasteiger partial charge in [-0.15, -0.1) is 0 Å². The van der Waals surface area contributed by atoms with E-state index in [1.807, 2.05) is 0 Å². The molecule has 0 amide bonds. The van der Waals surface area contributed by atoms with Crippen molar-refractivity contribution in [2.45, 2.75) is 25.9 Å². The normalized spacial score (nSPS) is 11.5. The lowest BCUT2D eigenvalue weighted by atomic mass is 10.0. The third-order valence-electron chi connectivity index (χ3n) is 4.30. The van der Waals surface area contributed by atoms with Crippen LogP contribution in [0.15, 0.2) is 60.7 Å². The van der Waals surface area contributed by atoms with Gasteiger partial charge in [0.15, 0.2) is 17.5 Å². The van der Waals surface area contributed by atoms with Gasteiger partial charge in [0.25, 0.3) is 0 Å². The predicted octanol–water partition coefficient (Wildman–Crippen LogP) is 6.33. The van der Waals surface area contributed by atoms with E-state index in [1.54, 1.807) is 31.2 Å². The van der Waals surface area contributed by atoms with E-state index in [0.29, 0.717) is 12.0 Å². The summed E-state index contributed by atoms with van der Waals surface area (Å²) < 4.78 is 72.7. The molecule has 1 nitrogen and oxygen atoms in total. The number of benzene rings is 3. The monoisotopic (exact) mass is 392 g/mol. The largest absolute Gasteiger partial charge is 0.429 e. The molecule has 0 atom stereocenters. The van der Waals surface area contributed by atoms with Crippen molar-refractivity contribution in [3.8, 4) is 5.75 Å². The van der Waals surface area contributed by atoms with Gasteiger partial charge in [-0.1, -0.05) is 29.8 Å². The molecule has 0 radical (unpaired) electrons. The summed E-state index contributed by atoms with van der Waals surface area (Å²) in [5.74, 6) is -3.98. The molecule has 0 unspecified atom stereocenters. The average Bonchev–Trinajstić information content (AvgIpc) is 2.65. The molecule has 0 aliphatic heterocycles. The van der Waals surface area contributed by atoms with Crippen molar-refractivity contribution in [1.29, 1.82) is 0 Å². The Morgan fingerprint density at radius 1 is 0.750 bits per heavy atom. The van der Waals surface area contributed by atoms with Crippen LogP contribution in [-0.2, 0) is 19.0 Å². The second-order valence-electron chi connectivity index (χ2n) is 6.50. The fourth-order valence-corrected chi connectivity index (χ4v) is 2.72. The van der Waals surface area contributed by atoms with Crippen molar-refractivity contribution in [2.24, 2.45) is 0 Å². The first-order valence-electron chi connectivity index (χ1n) is 8.61. The number of alkyl halides is 2. The Labute approximate surface area is 159 Å². The first-order valence-corrected chi connectivity index (χ1v) is 8.61. The van der Waals surface area contributed by atoms with Crippen molar-refractivity contribution < 1.29 is 26.7 Å². The lowest BCUT2D eigenvalue weighted by Gasteiger charge is -2.18. The van der Waals surface area contributed by atoms with E-state index in [0.717, 1.165) is 23.3 Å². The minimum absolute atomic E-state index is 0.00630. The van der Waals surface area contributed by atoms with E-state index in [9.17, 15) is 22.0 Å². The van der Waals surface area contributed by atoms with Crippen LogP contribution in [0.4, 0.5) is 22.0 Å². The highest BCUT2D eigenvalue weighted by atomic mass is 19.3. The summed E-state index contributed by atoms with van der Waals surface area (Å²) in [6.07, 6.45) is -2.80. The SMILES string of the molecule is Cc1ccc(C(F)(F)Oc2ccc(CCc3cc(F)c(F)c(F)c3)cc2)cc1. The highest BCUT2D eigenvalue weighted by Crippen LogP contribution is 2.31. The van der Waals surface area contributed by atoms with Crippen molar-refractivity contribution in [3.63, 3.8) is 0 Å². The standard InChI is InChI=1S/C22H17F5O/c1-14-2-8-17(9-3-14)22(26,27)28-18-10-6-15(7-11-18)4-5-16-12-19(23)21(25)20(24)13-16/h2-3,6-13H,4-5H2,1H3.